The van der Waals surface area contributed by atoms with Gasteiger partial charge in [-0.3, -0.25) is 0 Å². The maximum absolute atomic E-state index is 12.1. The molecule has 1 atom stereocenters. The van der Waals surface area contributed by atoms with Crippen LogP contribution in [0.4, 0.5) is 13.2 Å². The van der Waals surface area contributed by atoms with E-state index in [-0.39, 0.29) is 16.3 Å². The Morgan fingerprint density at radius 1 is 1.09 bits per heavy atom. The molecule has 23 heavy (non-hydrogen) atoms. The minimum atomic E-state index is -4.78. The molecule has 0 aliphatic rings. The molecule has 0 spiro atoms. The lowest BCUT2D eigenvalue weighted by atomic mass is 10.0. The molecule has 0 radical (unpaired) electrons. The molecule has 4 nitrogen and oxygen atoms in total. The predicted molar refractivity (Wildman–Crippen MR) is 76.2 cm³/mol. The Kier molecular flexibility index (Phi) is 4.82. The summed E-state index contributed by atoms with van der Waals surface area (Å²) in [5.74, 6) is -1.82. The fraction of sp³-hybridized carbons (Fsp3) is 0.133. The van der Waals surface area contributed by atoms with E-state index < -0.39 is 18.4 Å². The highest BCUT2D eigenvalue weighted by atomic mass is 35.5. The normalized spacial score (nSPS) is 12.7. The minimum Gasteiger partial charge on any atom is -0.479 e. The van der Waals surface area contributed by atoms with Gasteiger partial charge in [0.2, 0.25) is 0 Å². The number of aliphatic hydroxyl groups excluding tert-OH is 1. The number of aliphatic carboxylic acids is 1. The quantitative estimate of drug-likeness (QED) is 0.877. The van der Waals surface area contributed by atoms with Gasteiger partial charge in [-0.25, -0.2) is 4.79 Å². The Balaban J connectivity index is 2.33. The summed E-state index contributed by atoms with van der Waals surface area (Å²) in [6, 6.07) is 9.16. The molecule has 2 aromatic carbocycles. The number of carbonyl (C=O) groups is 1. The van der Waals surface area contributed by atoms with Crippen LogP contribution >= 0.6 is 11.6 Å². The van der Waals surface area contributed by atoms with Gasteiger partial charge in [0, 0.05) is 5.02 Å². The summed E-state index contributed by atoms with van der Waals surface area (Å²) in [5, 5.41) is 18.6. The maximum atomic E-state index is 12.1. The van der Waals surface area contributed by atoms with Crippen LogP contribution < -0.4 is 4.74 Å². The third-order valence-corrected chi connectivity index (χ3v) is 3.11. The molecule has 0 aliphatic heterocycles. The molecule has 0 heterocycles. The highest BCUT2D eigenvalue weighted by Gasteiger charge is 2.31. The second kappa shape index (κ2) is 6.47. The number of benzene rings is 2. The van der Waals surface area contributed by atoms with Crippen molar-refractivity contribution in [2.75, 3.05) is 0 Å². The van der Waals surface area contributed by atoms with Crippen LogP contribution in [0.5, 0.6) is 5.75 Å². The average Bonchev–Trinajstić information content (AvgIpc) is 2.44. The lowest BCUT2D eigenvalue weighted by Gasteiger charge is -2.11. The summed E-state index contributed by atoms with van der Waals surface area (Å²) in [4.78, 5) is 10.8. The van der Waals surface area contributed by atoms with Gasteiger partial charge in [0.05, 0.1) is 0 Å². The van der Waals surface area contributed by atoms with Crippen LogP contribution in [-0.2, 0) is 4.79 Å². The zero-order chi connectivity index (χ0) is 17.2. The van der Waals surface area contributed by atoms with Gasteiger partial charge in [0.15, 0.2) is 6.10 Å². The third-order valence-electron chi connectivity index (χ3n) is 2.89. The van der Waals surface area contributed by atoms with Crippen molar-refractivity contribution in [1.29, 1.82) is 0 Å². The first-order chi connectivity index (χ1) is 10.7. The Morgan fingerprint density at radius 3 is 2.22 bits per heavy atom. The van der Waals surface area contributed by atoms with Crippen LogP contribution in [0.1, 0.15) is 11.7 Å². The van der Waals surface area contributed by atoms with Crippen molar-refractivity contribution < 1.29 is 32.9 Å². The zero-order valence-corrected chi connectivity index (χ0v) is 12.1. The smallest absolute Gasteiger partial charge is 0.479 e. The van der Waals surface area contributed by atoms with Gasteiger partial charge in [-0.1, -0.05) is 23.7 Å². The van der Waals surface area contributed by atoms with Crippen LogP contribution in [0.25, 0.3) is 11.1 Å². The molecule has 122 valence electrons. The van der Waals surface area contributed by atoms with Crippen molar-refractivity contribution in [3.8, 4) is 16.9 Å². The second-order valence-corrected chi connectivity index (χ2v) is 5.02. The van der Waals surface area contributed by atoms with Crippen molar-refractivity contribution in [3.63, 3.8) is 0 Å². The molecule has 0 aromatic heterocycles. The molecular weight excluding hydrogens is 337 g/mol. The average molecular weight is 347 g/mol. The van der Waals surface area contributed by atoms with E-state index in [1.807, 2.05) is 0 Å². The first-order valence-electron chi connectivity index (χ1n) is 6.23. The molecule has 2 rings (SSSR count). The Hall–Kier alpha value is -2.25. The number of ether oxygens (including phenoxy) is 1. The van der Waals surface area contributed by atoms with E-state index >= 15 is 0 Å². The minimum absolute atomic E-state index is 0.0654. The number of aliphatic hydroxyl groups is 1. The lowest BCUT2D eigenvalue weighted by Crippen LogP contribution is -2.16. The van der Waals surface area contributed by atoms with Crippen molar-refractivity contribution in [1.82, 2.24) is 0 Å². The van der Waals surface area contributed by atoms with E-state index in [0.29, 0.717) is 11.1 Å². The monoisotopic (exact) mass is 346 g/mol. The Bertz CT molecular complexity index is 714. The maximum Gasteiger partial charge on any atom is 0.573 e. The van der Waals surface area contributed by atoms with Crippen LogP contribution in [0.2, 0.25) is 5.02 Å². The summed E-state index contributed by atoms with van der Waals surface area (Å²) in [5.41, 5.74) is 1.00. The lowest BCUT2D eigenvalue weighted by molar-refractivity contribution is -0.274. The van der Waals surface area contributed by atoms with E-state index in [2.05, 4.69) is 4.74 Å². The van der Waals surface area contributed by atoms with Crippen LogP contribution in [0, 0.1) is 0 Å². The summed E-state index contributed by atoms with van der Waals surface area (Å²) in [6.45, 7) is 0. The van der Waals surface area contributed by atoms with Crippen LogP contribution in [0.15, 0.2) is 42.5 Å². The van der Waals surface area contributed by atoms with E-state index in [1.165, 1.54) is 30.3 Å². The molecule has 0 amide bonds. The molecule has 2 aromatic rings. The fourth-order valence-electron chi connectivity index (χ4n) is 1.93. The van der Waals surface area contributed by atoms with Gasteiger partial charge in [0.25, 0.3) is 0 Å². The van der Waals surface area contributed by atoms with Crippen molar-refractivity contribution in [2.45, 2.75) is 12.5 Å². The van der Waals surface area contributed by atoms with Gasteiger partial charge in [-0.2, -0.15) is 0 Å². The number of hydrogen-bond donors (Lipinski definition) is 2. The SMILES string of the molecule is O=C(O)C(O)c1cc(Cl)cc(-c2ccc(OC(F)(F)F)cc2)c1. The van der Waals surface area contributed by atoms with E-state index in [0.717, 1.165) is 12.1 Å². The van der Waals surface area contributed by atoms with Crippen LogP contribution in [-0.4, -0.2) is 22.5 Å². The molecule has 0 saturated carbocycles. The molecule has 2 N–H and O–H groups in total. The van der Waals surface area contributed by atoms with E-state index in [1.54, 1.807) is 0 Å². The van der Waals surface area contributed by atoms with E-state index in [9.17, 15) is 23.1 Å². The molecule has 1 unspecified atom stereocenters. The fourth-order valence-corrected chi connectivity index (χ4v) is 2.17. The van der Waals surface area contributed by atoms with Gasteiger partial charge in [-0.05, 0) is 47.0 Å². The molecule has 0 saturated heterocycles. The van der Waals surface area contributed by atoms with Crippen molar-refractivity contribution >= 4 is 17.6 Å². The van der Waals surface area contributed by atoms with Gasteiger partial charge >= 0.3 is 12.3 Å². The topological polar surface area (TPSA) is 66.8 Å². The zero-order valence-electron chi connectivity index (χ0n) is 11.3. The highest BCUT2D eigenvalue weighted by Crippen LogP contribution is 2.30. The molecule has 0 fully saturated rings. The van der Waals surface area contributed by atoms with Crippen molar-refractivity contribution in [2.24, 2.45) is 0 Å². The number of carboxylic acid groups (broad SMARTS) is 1. The summed E-state index contributed by atoms with van der Waals surface area (Å²) in [6.07, 6.45) is -6.53. The molecular formula is C15H10ClF3O4. The Morgan fingerprint density at radius 2 is 1.70 bits per heavy atom. The highest BCUT2D eigenvalue weighted by molar-refractivity contribution is 6.31. The number of hydrogen-bond acceptors (Lipinski definition) is 3. The molecule has 8 heteroatoms. The molecule has 0 aliphatic carbocycles. The third kappa shape index (κ3) is 4.61. The first-order valence-corrected chi connectivity index (χ1v) is 6.61. The summed E-state index contributed by atoms with van der Waals surface area (Å²) >= 11 is 5.89. The van der Waals surface area contributed by atoms with Crippen molar-refractivity contribution in [3.05, 3.63) is 53.1 Å². The largest absolute Gasteiger partial charge is 0.573 e. The predicted octanol–water partition coefficient (Wildman–Crippen LogP) is 4.02. The Labute approximate surface area is 133 Å². The van der Waals surface area contributed by atoms with E-state index in [4.69, 9.17) is 16.7 Å². The second-order valence-electron chi connectivity index (χ2n) is 4.59. The first kappa shape index (κ1) is 17.1. The summed E-state index contributed by atoms with van der Waals surface area (Å²) < 4.78 is 40.1. The van der Waals surface area contributed by atoms with Gasteiger partial charge < -0.3 is 14.9 Å². The van der Waals surface area contributed by atoms with Crippen LogP contribution in [0.3, 0.4) is 0 Å². The summed E-state index contributed by atoms with van der Waals surface area (Å²) in [7, 11) is 0. The number of alkyl halides is 3. The van der Waals surface area contributed by atoms with Gasteiger partial charge in [-0.15, -0.1) is 13.2 Å². The number of carboxylic acids is 1. The number of rotatable bonds is 4. The molecule has 0 bridgehead atoms. The van der Waals surface area contributed by atoms with Gasteiger partial charge in [0.1, 0.15) is 5.75 Å². The number of halogens is 4. The standard InChI is InChI=1S/C15H10ClF3O4/c16-11-6-9(5-10(7-11)13(20)14(21)22)8-1-3-12(4-2-8)23-15(17,18)19/h1-7,13,20H,(H,21,22).